The molecule has 3 heteroatoms. The Kier molecular flexibility index (Phi) is 4.72. The molecule has 2 aromatic carbocycles. The fourth-order valence-electron chi connectivity index (χ4n) is 1.99. The van der Waals surface area contributed by atoms with E-state index in [1.54, 1.807) is 6.07 Å². The van der Waals surface area contributed by atoms with Crippen molar-refractivity contribution in [2.75, 3.05) is 0 Å². The Bertz CT molecular complexity index is 568. The maximum atomic E-state index is 13.6. The predicted octanol–water partition coefficient (Wildman–Crippen LogP) is 4.75. The van der Waals surface area contributed by atoms with Gasteiger partial charge in [0.2, 0.25) is 0 Å². The summed E-state index contributed by atoms with van der Waals surface area (Å²) >= 11 is 3.55. The van der Waals surface area contributed by atoms with Crippen LogP contribution in [-0.4, -0.2) is 0 Å². The van der Waals surface area contributed by atoms with Gasteiger partial charge in [0.25, 0.3) is 0 Å². The Labute approximate surface area is 122 Å². The Hall–Kier alpha value is -1.19. The van der Waals surface area contributed by atoms with Crippen LogP contribution in [0.3, 0.4) is 0 Å². The quantitative estimate of drug-likeness (QED) is 0.857. The molecule has 0 amide bonds. The SMILES string of the molecule is Cc1ccc(CNC(C)c2ccccc2F)c(Br)c1. The van der Waals surface area contributed by atoms with Gasteiger partial charge in [-0.05, 0) is 37.1 Å². The molecular weight excluding hydrogens is 305 g/mol. The highest BCUT2D eigenvalue weighted by atomic mass is 79.9. The molecule has 0 bridgehead atoms. The summed E-state index contributed by atoms with van der Waals surface area (Å²) in [5.74, 6) is -0.162. The molecule has 1 nitrogen and oxygen atoms in total. The van der Waals surface area contributed by atoms with Gasteiger partial charge in [0.05, 0.1) is 0 Å². The van der Waals surface area contributed by atoms with E-state index in [0.717, 1.165) is 4.47 Å². The molecule has 0 spiro atoms. The highest BCUT2D eigenvalue weighted by Crippen LogP contribution is 2.20. The van der Waals surface area contributed by atoms with Crippen LogP contribution in [0.1, 0.15) is 29.7 Å². The van der Waals surface area contributed by atoms with Crippen molar-refractivity contribution in [2.45, 2.75) is 26.4 Å². The van der Waals surface area contributed by atoms with Crippen molar-refractivity contribution in [2.24, 2.45) is 0 Å². The highest BCUT2D eigenvalue weighted by Gasteiger charge is 2.10. The van der Waals surface area contributed by atoms with Crippen molar-refractivity contribution in [1.29, 1.82) is 0 Å². The lowest BCUT2D eigenvalue weighted by molar-refractivity contribution is 0.528. The molecule has 0 aliphatic carbocycles. The topological polar surface area (TPSA) is 12.0 Å². The smallest absolute Gasteiger partial charge is 0.127 e. The molecular formula is C16H17BrFN. The molecule has 0 saturated heterocycles. The summed E-state index contributed by atoms with van der Waals surface area (Å²) in [5, 5.41) is 3.35. The summed E-state index contributed by atoms with van der Waals surface area (Å²) in [6.07, 6.45) is 0. The molecule has 0 aromatic heterocycles. The van der Waals surface area contributed by atoms with Gasteiger partial charge in [-0.1, -0.05) is 46.3 Å². The van der Waals surface area contributed by atoms with E-state index in [1.807, 2.05) is 19.1 Å². The average molecular weight is 322 g/mol. The molecule has 0 saturated carbocycles. The van der Waals surface area contributed by atoms with Gasteiger partial charge in [-0.2, -0.15) is 0 Å². The Morgan fingerprint density at radius 3 is 2.63 bits per heavy atom. The second-order valence-corrected chi connectivity index (χ2v) is 5.57. The Balaban J connectivity index is 2.04. The van der Waals surface area contributed by atoms with Gasteiger partial charge in [0, 0.05) is 22.6 Å². The zero-order valence-electron chi connectivity index (χ0n) is 11.1. The van der Waals surface area contributed by atoms with Crippen LogP contribution in [0.25, 0.3) is 0 Å². The molecule has 19 heavy (non-hydrogen) atoms. The van der Waals surface area contributed by atoms with Crippen molar-refractivity contribution in [3.8, 4) is 0 Å². The molecule has 0 heterocycles. The monoisotopic (exact) mass is 321 g/mol. The van der Waals surface area contributed by atoms with E-state index in [-0.39, 0.29) is 11.9 Å². The number of hydrogen-bond acceptors (Lipinski definition) is 1. The van der Waals surface area contributed by atoms with Crippen LogP contribution in [0.2, 0.25) is 0 Å². The van der Waals surface area contributed by atoms with Gasteiger partial charge in [-0.3, -0.25) is 0 Å². The van der Waals surface area contributed by atoms with Gasteiger partial charge in [-0.25, -0.2) is 4.39 Å². The zero-order chi connectivity index (χ0) is 13.8. The second-order valence-electron chi connectivity index (χ2n) is 4.72. The lowest BCUT2D eigenvalue weighted by atomic mass is 10.1. The summed E-state index contributed by atoms with van der Waals surface area (Å²) in [6, 6.07) is 13.1. The van der Waals surface area contributed by atoms with E-state index in [4.69, 9.17) is 0 Å². The van der Waals surface area contributed by atoms with E-state index in [9.17, 15) is 4.39 Å². The van der Waals surface area contributed by atoms with E-state index >= 15 is 0 Å². The van der Waals surface area contributed by atoms with Gasteiger partial charge < -0.3 is 5.32 Å². The molecule has 0 aliphatic rings. The molecule has 0 fully saturated rings. The minimum atomic E-state index is -0.162. The van der Waals surface area contributed by atoms with Crippen LogP contribution >= 0.6 is 15.9 Å². The Morgan fingerprint density at radius 1 is 1.21 bits per heavy atom. The van der Waals surface area contributed by atoms with E-state index in [2.05, 4.69) is 46.4 Å². The number of aryl methyl sites for hydroxylation is 1. The summed E-state index contributed by atoms with van der Waals surface area (Å²) in [6.45, 7) is 4.74. The number of halogens is 2. The molecule has 0 aliphatic heterocycles. The van der Waals surface area contributed by atoms with Crippen LogP contribution in [0, 0.1) is 12.7 Å². The average Bonchev–Trinajstić information content (AvgIpc) is 2.38. The fourth-order valence-corrected chi connectivity index (χ4v) is 2.63. The number of benzene rings is 2. The predicted molar refractivity (Wildman–Crippen MR) is 80.5 cm³/mol. The third-order valence-corrected chi connectivity index (χ3v) is 3.92. The minimum Gasteiger partial charge on any atom is -0.306 e. The van der Waals surface area contributed by atoms with Crippen LogP contribution in [0.15, 0.2) is 46.9 Å². The van der Waals surface area contributed by atoms with Crippen LogP contribution < -0.4 is 5.32 Å². The minimum absolute atomic E-state index is 0.0191. The lowest BCUT2D eigenvalue weighted by Gasteiger charge is -2.16. The van der Waals surface area contributed by atoms with Crippen molar-refractivity contribution >= 4 is 15.9 Å². The molecule has 100 valence electrons. The van der Waals surface area contributed by atoms with Gasteiger partial charge >= 0.3 is 0 Å². The number of hydrogen-bond donors (Lipinski definition) is 1. The third-order valence-electron chi connectivity index (χ3n) is 3.18. The summed E-state index contributed by atoms with van der Waals surface area (Å²) in [7, 11) is 0. The van der Waals surface area contributed by atoms with Crippen molar-refractivity contribution in [3.05, 3.63) is 69.4 Å². The maximum Gasteiger partial charge on any atom is 0.127 e. The van der Waals surface area contributed by atoms with Crippen molar-refractivity contribution in [3.63, 3.8) is 0 Å². The molecule has 1 unspecified atom stereocenters. The standard InChI is InChI=1S/C16H17BrFN/c1-11-7-8-13(15(17)9-11)10-19-12(2)14-5-3-4-6-16(14)18/h3-9,12,19H,10H2,1-2H3. The van der Waals surface area contributed by atoms with Crippen molar-refractivity contribution in [1.82, 2.24) is 5.32 Å². The fraction of sp³-hybridized carbons (Fsp3) is 0.250. The van der Waals surface area contributed by atoms with Gasteiger partial charge in [0.15, 0.2) is 0 Å². The number of rotatable bonds is 4. The summed E-state index contributed by atoms with van der Waals surface area (Å²) in [5.41, 5.74) is 3.09. The van der Waals surface area contributed by atoms with Crippen molar-refractivity contribution < 1.29 is 4.39 Å². The van der Waals surface area contributed by atoms with E-state index < -0.39 is 0 Å². The van der Waals surface area contributed by atoms with E-state index in [0.29, 0.717) is 12.1 Å². The molecule has 2 rings (SSSR count). The first-order valence-electron chi connectivity index (χ1n) is 6.31. The van der Waals surface area contributed by atoms with Gasteiger partial charge in [-0.15, -0.1) is 0 Å². The van der Waals surface area contributed by atoms with Crippen LogP contribution in [-0.2, 0) is 6.54 Å². The maximum absolute atomic E-state index is 13.6. The first-order chi connectivity index (χ1) is 9.08. The normalized spacial score (nSPS) is 12.4. The summed E-state index contributed by atoms with van der Waals surface area (Å²) < 4.78 is 14.7. The molecule has 1 atom stereocenters. The summed E-state index contributed by atoms with van der Waals surface area (Å²) in [4.78, 5) is 0. The third kappa shape index (κ3) is 3.64. The first kappa shape index (κ1) is 14.2. The first-order valence-corrected chi connectivity index (χ1v) is 7.10. The zero-order valence-corrected chi connectivity index (χ0v) is 12.7. The second kappa shape index (κ2) is 6.31. The highest BCUT2D eigenvalue weighted by molar-refractivity contribution is 9.10. The van der Waals surface area contributed by atoms with Gasteiger partial charge in [0.1, 0.15) is 5.82 Å². The number of nitrogens with one attached hydrogen (secondary N) is 1. The van der Waals surface area contributed by atoms with E-state index in [1.165, 1.54) is 17.2 Å². The molecule has 1 N–H and O–H groups in total. The largest absolute Gasteiger partial charge is 0.306 e. The van der Waals surface area contributed by atoms with Crippen LogP contribution in [0.5, 0.6) is 0 Å². The molecule has 2 aromatic rings. The Morgan fingerprint density at radius 2 is 1.95 bits per heavy atom. The van der Waals surface area contributed by atoms with Crippen LogP contribution in [0.4, 0.5) is 4.39 Å². The molecule has 0 radical (unpaired) electrons. The lowest BCUT2D eigenvalue weighted by Crippen LogP contribution is -2.19.